The lowest BCUT2D eigenvalue weighted by molar-refractivity contribution is -0.142. The van der Waals surface area contributed by atoms with E-state index in [0.29, 0.717) is 0 Å². The molecule has 13 heavy (non-hydrogen) atoms. The highest BCUT2D eigenvalue weighted by atomic mass is 19.4. The fourth-order valence-corrected chi connectivity index (χ4v) is 0.991. The van der Waals surface area contributed by atoms with Crippen molar-refractivity contribution in [3.63, 3.8) is 0 Å². The molecule has 3 nitrogen and oxygen atoms in total. The zero-order valence-corrected chi connectivity index (χ0v) is 6.76. The van der Waals surface area contributed by atoms with E-state index in [1.54, 1.807) is 6.07 Å². The van der Waals surface area contributed by atoms with Gasteiger partial charge in [-0.1, -0.05) is 0 Å². The first-order valence-corrected chi connectivity index (χ1v) is 3.42. The zero-order valence-electron chi connectivity index (χ0n) is 6.76. The molecular weight excluding hydrogens is 183 g/mol. The average molecular weight is 189 g/mol. The molecule has 1 heterocycles. The van der Waals surface area contributed by atoms with Crippen molar-refractivity contribution in [3.8, 4) is 6.07 Å². The Hall–Kier alpha value is -1.51. The lowest BCUT2D eigenvalue weighted by atomic mass is 10.2. The van der Waals surface area contributed by atoms with Gasteiger partial charge in [0.25, 0.3) is 0 Å². The molecule has 0 radical (unpaired) electrons. The molecule has 0 aliphatic rings. The van der Waals surface area contributed by atoms with Crippen LogP contribution in [-0.4, -0.2) is 9.78 Å². The van der Waals surface area contributed by atoms with Gasteiger partial charge in [-0.2, -0.15) is 23.5 Å². The molecular formula is C7H6F3N3. The van der Waals surface area contributed by atoms with Crippen LogP contribution in [-0.2, 0) is 19.6 Å². The first kappa shape index (κ1) is 9.58. The molecule has 0 saturated carbocycles. The molecule has 0 unspecified atom stereocenters. The zero-order chi connectivity index (χ0) is 10.1. The van der Waals surface area contributed by atoms with E-state index in [2.05, 4.69) is 5.10 Å². The Balaban J connectivity index is 3.13. The molecule has 0 N–H and O–H groups in total. The van der Waals surface area contributed by atoms with Crippen molar-refractivity contribution in [2.45, 2.75) is 12.6 Å². The van der Waals surface area contributed by atoms with Crippen molar-refractivity contribution in [1.82, 2.24) is 9.78 Å². The summed E-state index contributed by atoms with van der Waals surface area (Å²) in [6, 6.07) is 1.66. The molecule has 0 saturated heterocycles. The van der Waals surface area contributed by atoms with Gasteiger partial charge in [-0.15, -0.1) is 0 Å². The van der Waals surface area contributed by atoms with Crippen LogP contribution in [0.2, 0.25) is 0 Å². The Morgan fingerprint density at radius 2 is 2.23 bits per heavy atom. The Kier molecular flexibility index (Phi) is 2.28. The molecule has 0 aliphatic carbocycles. The van der Waals surface area contributed by atoms with Gasteiger partial charge in [0, 0.05) is 18.8 Å². The van der Waals surface area contributed by atoms with Crippen molar-refractivity contribution >= 4 is 0 Å². The molecule has 0 amide bonds. The van der Waals surface area contributed by atoms with Gasteiger partial charge in [0.2, 0.25) is 0 Å². The van der Waals surface area contributed by atoms with Crippen LogP contribution >= 0.6 is 0 Å². The first-order valence-electron chi connectivity index (χ1n) is 3.42. The highest BCUT2D eigenvalue weighted by Gasteiger charge is 2.36. The number of rotatable bonds is 1. The standard InChI is InChI=1S/C7H6F3N3/c1-13-4-5(2-3-11)6(12-13)7(8,9)10/h4H,2H2,1H3. The van der Waals surface area contributed by atoms with Crippen molar-refractivity contribution in [1.29, 1.82) is 5.26 Å². The quantitative estimate of drug-likeness (QED) is 0.671. The van der Waals surface area contributed by atoms with E-state index in [1.807, 2.05) is 0 Å². The van der Waals surface area contributed by atoms with Crippen LogP contribution in [0.5, 0.6) is 0 Å². The molecule has 0 aliphatic heterocycles. The number of alkyl halides is 3. The summed E-state index contributed by atoms with van der Waals surface area (Å²) >= 11 is 0. The summed E-state index contributed by atoms with van der Waals surface area (Å²) in [6.45, 7) is 0. The van der Waals surface area contributed by atoms with E-state index in [9.17, 15) is 13.2 Å². The minimum Gasteiger partial charge on any atom is -0.275 e. The topological polar surface area (TPSA) is 41.6 Å². The number of nitriles is 1. The van der Waals surface area contributed by atoms with Gasteiger partial charge in [-0.25, -0.2) is 0 Å². The summed E-state index contributed by atoms with van der Waals surface area (Å²) in [5.74, 6) is 0. The minimum atomic E-state index is -4.48. The smallest absolute Gasteiger partial charge is 0.275 e. The summed E-state index contributed by atoms with van der Waals surface area (Å²) < 4.78 is 37.7. The average Bonchev–Trinajstić information content (AvgIpc) is 2.30. The van der Waals surface area contributed by atoms with Crippen molar-refractivity contribution in [2.24, 2.45) is 7.05 Å². The molecule has 1 aromatic rings. The Morgan fingerprint density at radius 3 is 2.69 bits per heavy atom. The van der Waals surface area contributed by atoms with E-state index >= 15 is 0 Å². The Morgan fingerprint density at radius 1 is 1.62 bits per heavy atom. The number of hydrogen-bond acceptors (Lipinski definition) is 2. The Labute approximate surface area is 72.4 Å². The van der Waals surface area contributed by atoms with Crippen LogP contribution in [0.3, 0.4) is 0 Å². The summed E-state index contributed by atoms with van der Waals surface area (Å²) in [4.78, 5) is 0. The van der Waals surface area contributed by atoms with Gasteiger partial charge < -0.3 is 0 Å². The largest absolute Gasteiger partial charge is 0.435 e. The monoisotopic (exact) mass is 189 g/mol. The SMILES string of the molecule is Cn1cc(CC#N)c(C(F)(F)F)n1. The highest BCUT2D eigenvalue weighted by molar-refractivity contribution is 5.22. The van der Waals surface area contributed by atoms with Crippen molar-refractivity contribution in [2.75, 3.05) is 0 Å². The van der Waals surface area contributed by atoms with E-state index in [1.165, 1.54) is 13.2 Å². The van der Waals surface area contributed by atoms with Crippen LogP contribution in [0.1, 0.15) is 11.3 Å². The van der Waals surface area contributed by atoms with Crippen LogP contribution in [0, 0.1) is 11.3 Å². The molecule has 1 rings (SSSR count). The van der Waals surface area contributed by atoms with Gasteiger partial charge in [-0.3, -0.25) is 4.68 Å². The molecule has 0 spiro atoms. The predicted molar refractivity (Wildman–Crippen MR) is 37.5 cm³/mol. The molecule has 0 aromatic carbocycles. The number of aryl methyl sites for hydroxylation is 1. The summed E-state index contributed by atoms with van der Waals surface area (Å²) in [7, 11) is 1.39. The summed E-state index contributed by atoms with van der Waals surface area (Å²) in [5.41, 5.74) is -1.06. The number of nitrogens with zero attached hydrogens (tertiary/aromatic N) is 3. The van der Waals surface area contributed by atoms with Gasteiger partial charge in [0.05, 0.1) is 12.5 Å². The number of hydrogen-bond donors (Lipinski definition) is 0. The third-order valence-electron chi connectivity index (χ3n) is 1.44. The van der Waals surface area contributed by atoms with Gasteiger partial charge >= 0.3 is 6.18 Å². The van der Waals surface area contributed by atoms with Crippen LogP contribution in [0.15, 0.2) is 6.20 Å². The fraction of sp³-hybridized carbons (Fsp3) is 0.429. The molecule has 1 aromatic heterocycles. The van der Waals surface area contributed by atoms with E-state index in [4.69, 9.17) is 5.26 Å². The fourth-order valence-electron chi connectivity index (χ4n) is 0.991. The maximum atomic E-state index is 12.2. The molecule has 6 heteroatoms. The second-order valence-electron chi connectivity index (χ2n) is 2.51. The third kappa shape index (κ3) is 1.99. The Bertz CT molecular complexity index is 345. The normalized spacial score (nSPS) is 11.3. The van der Waals surface area contributed by atoms with E-state index in [0.717, 1.165) is 4.68 Å². The first-order chi connectivity index (χ1) is 5.95. The molecule has 0 fully saturated rings. The lowest BCUT2D eigenvalue weighted by Gasteiger charge is -2.02. The van der Waals surface area contributed by atoms with Crippen LogP contribution < -0.4 is 0 Å². The second-order valence-corrected chi connectivity index (χ2v) is 2.51. The maximum Gasteiger partial charge on any atom is 0.435 e. The highest BCUT2D eigenvalue weighted by Crippen LogP contribution is 2.30. The predicted octanol–water partition coefficient (Wildman–Crippen LogP) is 1.50. The second kappa shape index (κ2) is 3.09. The van der Waals surface area contributed by atoms with Gasteiger partial charge in [-0.05, 0) is 0 Å². The van der Waals surface area contributed by atoms with Gasteiger partial charge in [0.1, 0.15) is 0 Å². The number of aromatic nitrogens is 2. The van der Waals surface area contributed by atoms with Crippen LogP contribution in [0.4, 0.5) is 13.2 Å². The molecule has 0 atom stereocenters. The molecule has 70 valence electrons. The lowest BCUT2D eigenvalue weighted by Crippen LogP contribution is -2.09. The number of halogens is 3. The minimum absolute atomic E-state index is 0.0856. The summed E-state index contributed by atoms with van der Waals surface area (Å²) in [6.07, 6.45) is -3.55. The third-order valence-corrected chi connectivity index (χ3v) is 1.44. The maximum absolute atomic E-state index is 12.2. The van der Waals surface area contributed by atoms with Crippen LogP contribution in [0.25, 0.3) is 0 Å². The van der Waals surface area contributed by atoms with E-state index < -0.39 is 11.9 Å². The van der Waals surface area contributed by atoms with Gasteiger partial charge in [0.15, 0.2) is 5.69 Å². The van der Waals surface area contributed by atoms with E-state index in [-0.39, 0.29) is 12.0 Å². The van der Waals surface area contributed by atoms with Crippen molar-refractivity contribution < 1.29 is 13.2 Å². The summed E-state index contributed by atoms with van der Waals surface area (Å²) in [5, 5.41) is 11.5. The van der Waals surface area contributed by atoms with Crippen molar-refractivity contribution in [3.05, 3.63) is 17.5 Å². The molecule has 0 bridgehead atoms.